The van der Waals surface area contributed by atoms with Crippen molar-refractivity contribution in [2.75, 3.05) is 13.1 Å². The van der Waals surface area contributed by atoms with Gasteiger partial charge in [0.05, 0.1) is 12.6 Å². The average Bonchev–Trinajstić information content (AvgIpc) is 3.15. The molecule has 7 nitrogen and oxygen atoms in total. The van der Waals surface area contributed by atoms with Crippen molar-refractivity contribution in [3.05, 3.63) is 48.9 Å². The summed E-state index contributed by atoms with van der Waals surface area (Å²) in [5, 5.41) is 8.25. The van der Waals surface area contributed by atoms with Crippen LogP contribution in [0.4, 0.5) is 0 Å². The Balaban J connectivity index is 1.38. The lowest BCUT2D eigenvalue weighted by atomic mass is 10.1. The Labute approximate surface area is 121 Å². The lowest BCUT2D eigenvalue weighted by Gasteiger charge is -2.38. The van der Waals surface area contributed by atoms with Crippen LogP contribution in [0.2, 0.25) is 0 Å². The van der Waals surface area contributed by atoms with Crippen molar-refractivity contribution >= 4 is 0 Å². The molecule has 3 aromatic heterocycles. The van der Waals surface area contributed by atoms with Gasteiger partial charge < -0.3 is 4.52 Å². The lowest BCUT2D eigenvalue weighted by Crippen LogP contribution is -2.47. The van der Waals surface area contributed by atoms with Crippen LogP contribution in [0.3, 0.4) is 0 Å². The largest absolute Gasteiger partial charge is 0.338 e. The van der Waals surface area contributed by atoms with Gasteiger partial charge in [-0.25, -0.2) is 0 Å². The molecule has 0 saturated carbocycles. The zero-order valence-electron chi connectivity index (χ0n) is 11.3. The van der Waals surface area contributed by atoms with Crippen molar-refractivity contribution in [2.24, 2.45) is 0 Å². The fourth-order valence-corrected chi connectivity index (χ4v) is 2.46. The van der Waals surface area contributed by atoms with Gasteiger partial charge in [0.25, 0.3) is 0 Å². The minimum Gasteiger partial charge on any atom is -0.338 e. The van der Waals surface area contributed by atoms with E-state index in [1.54, 1.807) is 18.6 Å². The Hall–Kier alpha value is -2.54. The molecule has 0 N–H and O–H groups in total. The first kappa shape index (κ1) is 12.2. The summed E-state index contributed by atoms with van der Waals surface area (Å²) in [5.41, 5.74) is 0.866. The van der Waals surface area contributed by atoms with Gasteiger partial charge in [-0.1, -0.05) is 5.16 Å². The average molecular weight is 282 g/mol. The number of rotatable bonds is 4. The minimum absolute atomic E-state index is 0.445. The molecule has 106 valence electrons. The molecule has 0 amide bonds. The van der Waals surface area contributed by atoms with Crippen LogP contribution in [-0.2, 0) is 6.54 Å². The summed E-state index contributed by atoms with van der Waals surface area (Å²) >= 11 is 0. The summed E-state index contributed by atoms with van der Waals surface area (Å²) in [5.74, 6) is 1.22. The van der Waals surface area contributed by atoms with E-state index in [0.717, 1.165) is 18.7 Å². The maximum atomic E-state index is 5.30. The van der Waals surface area contributed by atoms with Gasteiger partial charge in [0.1, 0.15) is 0 Å². The molecule has 0 bridgehead atoms. The highest BCUT2D eigenvalue weighted by Gasteiger charge is 2.29. The van der Waals surface area contributed by atoms with E-state index in [1.807, 2.05) is 29.1 Å². The van der Waals surface area contributed by atoms with Crippen molar-refractivity contribution in [3.8, 4) is 11.4 Å². The van der Waals surface area contributed by atoms with Gasteiger partial charge in [-0.2, -0.15) is 10.1 Å². The van der Waals surface area contributed by atoms with E-state index in [9.17, 15) is 0 Å². The van der Waals surface area contributed by atoms with E-state index in [4.69, 9.17) is 4.52 Å². The maximum Gasteiger partial charge on any atom is 0.241 e. The highest BCUT2D eigenvalue weighted by Crippen LogP contribution is 2.22. The predicted molar refractivity (Wildman–Crippen MR) is 74.1 cm³/mol. The van der Waals surface area contributed by atoms with Crippen LogP contribution in [0.1, 0.15) is 11.9 Å². The van der Waals surface area contributed by atoms with Crippen molar-refractivity contribution in [1.29, 1.82) is 0 Å². The first-order valence-corrected chi connectivity index (χ1v) is 6.83. The fourth-order valence-electron chi connectivity index (χ4n) is 2.46. The second kappa shape index (κ2) is 5.10. The summed E-state index contributed by atoms with van der Waals surface area (Å²) in [6.45, 7) is 2.57. The molecule has 4 heterocycles. The molecule has 0 radical (unpaired) electrons. The van der Waals surface area contributed by atoms with Gasteiger partial charge in [0.15, 0.2) is 0 Å². The first-order valence-electron chi connectivity index (χ1n) is 6.83. The predicted octanol–water partition coefficient (Wildman–Crippen LogP) is 1.39. The van der Waals surface area contributed by atoms with Crippen LogP contribution < -0.4 is 0 Å². The van der Waals surface area contributed by atoms with Gasteiger partial charge in [0, 0.05) is 43.4 Å². The summed E-state index contributed by atoms with van der Waals surface area (Å²) in [7, 11) is 0. The van der Waals surface area contributed by atoms with Crippen LogP contribution in [0.15, 0.2) is 47.5 Å². The van der Waals surface area contributed by atoms with Gasteiger partial charge in [-0.05, 0) is 18.2 Å². The maximum absolute atomic E-state index is 5.30. The van der Waals surface area contributed by atoms with Gasteiger partial charge in [-0.15, -0.1) is 0 Å². The smallest absolute Gasteiger partial charge is 0.241 e. The van der Waals surface area contributed by atoms with Gasteiger partial charge in [-0.3, -0.25) is 14.6 Å². The number of aromatic nitrogens is 5. The van der Waals surface area contributed by atoms with Crippen molar-refractivity contribution < 1.29 is 4.52 Å². The number of pyridine rings is 1. The Kier molecular flexibility index (Phi) is 2.97. The monoisotopic (exact) mass is 282 g/mol. The standard InChI is InChI=1S/C14H14N6O/c1-3-11(7-15-4-1)14-17-13(21-18-14)10-19-8-12(9-19)20-6-2-5-16-20/h1-7,12H,8-10H2. The van der Waals surface area contributed by atoms with Gasteiger partial charge >= 0.3 is 0 Å². The molecule has 7 heteroatoms. The minimum atomic E-state index is 0.445. The van der Waals surface area contributed by atoms with E-state index in [1.165, 1.54) is 0 Å². The molecule has 1 fully saturated rings. The number of nitrogens with zero attached hydrogens (tertiary/aromatic N) is 6. The molecule has 1 aliphatic rings. The van der Waals surface area contributed by atoms with Crippen LogP contribution >= 0.6 is 0 Å². The topological polar surface area (TPSA) is 72.9 Å². The quantitative estimate of drug-likeness (QED) is 0.720. The zero-order valence-corrected chi connectivity index (χ0v) is 11.3. The molecule has 0 aromatic carbocycles. The van der Waals surface area contributed by atoms with E-state index < -0.39 is 0 Å². The molecule has 4 rings (SSSR count). The Morgan fingerprint density at radius 2 is 2.19 bits per heavy atom. The summed E-state index contributed by atoms with van der Waals surface area (Å²) in [4.78, 5) is 10.7. The van der Waals surface area contributed by atoms with Crippen LogP contribution in [0.25, 0.3) is 11.4 Å². The second-order valence-electron chi connectivity index (χ2n) is 5.09. The molecule has 0 atom stereocenters. The van der Waals surface area contributed by atoms with E-state index >= 15 is 0 Å². The molecular formula is C14H14N6O. The highest BCUT2D eigenvalue weighted by molar-refractivity contribution is 5.51. The van der Waals surface area contributed by atoms with Crippen molar-refractivity contribution in [3.63, 3.8) is 0 Å². The van der Waals surface area contributed by atoms with E-state index in [-0.39, 0.29) is 0 Å². The Morgan fingerprint density at radius 3 is 2.95 bits per heavy atom. The van der Waals surface area contributed by atoms with Crippen LogP contribution in [0, 0.1) is 0 Å². The summed E-state index contributed by atoms with van der Waals surface area (Å²) < 4.78 is 7.29. The molecule has 3 aromatic rings. The lowest BCUT2D eigenvalue weighted by molar-refractivity contribution is 0.0791. The molecule has 0 unspecified atom stereocenters. The SMILES string of the molecule is c1cncc(-c2noc(CN3CC(n4cccn4)C3)n2)c1. The Bertz CT molecular complexity index is 702. The number of likely N-dealkylation sites (tertiary alicyclic amines) is 1. The van der Waals surface area contributed by atoms with Gasteiger partial charge in [0.2, 0.25) is 11.7 Å². The molecule has 0 aliphatic carbocycles. The third-order valence-electron chi connectivity index (χ3n) is 3.58. The van der Waals surface area contributed by atoms with E-state index in [2.05, 4.69) is 25.1 Å². The molecule has 1 aliphatic heterocycles. The second-order valence-corrected chi connectivity index (χ2v) is 5.09. The summed E-state index contributed by atoms with van der Waals surface area (Å²) in [6.07, 6.45) is 7.25. The Morgan fingerprint density at radius 1 is 1.24 bits per heavy atom. The first-order chi connectivity index (χ1) is 10.4. The molecular weight excluding hydrogens is 268 g/mol. The molecule has 1 saturated heterocycles. The molecule has 21 heavy (non-hydrogen) atoms. The third-order valence-corrected chi connectivity index (χ3v) is 3.58. The van der Waals surface area contributed by atoms with Crippen molar-refractivity contribution in [1.82, 2.24) is 29.8 Å². The van der Waals surface area contributed by atoms with E-state index in [0.29, 0.717) is 24.3 Å². The van der Waals surface area contributed by atoms with Crippen molar-refractivity contribution in [2.45, 2.75) is 12.6 Å². The number of hydrogen-bond donors (Lipinski definition) is 0. The third kappa shape index (κ3) is 2.43. The molecule has 0 spiro atoms. The normalized spacial score (nSPS) is 16.0. The summed E-state index contributed by atoms with van der Waals surface area (Å²) in [6, 6.07) is 6.16. The zero-order chi connectivity index (χ0) is 14.1. The number of hydrogen-bond acceptors (Lipinski definition) is 6. The van der Waals surface area contributed by atoms with Crippen LogP contribution in [-0.4, -0.2) is 42.9 Å². The highest BCUT2D eigenvalue weighted by atomic mass is 16.5. The van der Waals surface area contributed by atoms with Crippen LogP contribution in [0.5, 0.6) is 0 Å². The fraction of sp³-hybridized carbons (Fsp3) is 0.286.